The average molecular weight is 403 g/mol. The van der Waals surface area contributed by atoms with E-state index in [9.17, 15) is 0 Å². The minimum atomic E-state index is 0.268. The van der Waals surface area contributed by atoms with Crippen molar-refractivity contribution in [2.45, 2.75) is 6.04 Å². The lowest BCUT2D eigenvalue weighted by atomic mass is 9.96. The van der Waals surface area contributed by atoms with Crippen LogP contribution in [0.5, 0.6) is 5.75 Å². The van der Waals surface area contributed by atoms with Gasteiger partial charge in [0.15, 0.2) is 0 Å². The third-order valence-electron chi connectivity index (χ3n) is 5.51. The van der Waals surface area contributed by atoms with E-state index < -0.39 is 0 Å². The molecule has 0 aliphatic carbocycles. The Morgan fingerprint density at radius 1 is 0.793 bits per heavy atom. The highest BCUT2D eigenvalue weighted by Crippen LogP contribution is 2.29. The van der Waals surface area contributed by atoms with Crippen molar-refractivity contribution in [2.24, 2.45) is 0 Å². The van der Waals surface area contributed by atoms with Gasteiger partial charge in [0.1, 0.15) is 10.7 Å². The zero-order valence-corrected chi connectivity index (χ0v) is 17.5. The molecule has 3 nitrogen and oxygen atoms in total. The molecule has 0 atom stereocenters. The highest BCUT2D eigenvalue weighted by Gasteiger charge is 2.27. The molecule has 1 fully saturated rings. The molecule has 0 aromatic heterocycles. The highest BCUT2D eigenvalue weighted by atomic mass is 32.1. The van der Waals surface area contributed by atoms with E-state index in [2.05, 4.69) is 76.5 Å². The van der Waals surface area contributed by atoms with Gasteiger partial charge in [-0.15, -0.1) is 0 Å². The van der Waals surface area contributed by atoms with Crippen molar-refractivity contribution in [3.05, 3.63) is 102 Å². The molecule has 148 valence electrons. The minimum Gasteiger partial charge on any atom is -0.497 e. The lowest BCUT2D eigenvalue weighted by Gasteiger charge is -2.40. The van der Waals surface area contributed by atoms with Crippen molar-refractivity contribution in [2.75, 3.05) is 33.3 Å². The maximum absolute atomic E-state index is 5.79. The van der Waals surface area contributed by atoms with Gasteiger partial charge < -0.3 is 9.64 Å². The third kappa shape index (κ3) is 4.50. The highest BCUT2D eigenvalue weighted by molar-refractivity contribution is 7.80. The predicted molar refractivity (Wildman–Crippen MR) is 123 cm³/mol. The summed E-state index contributed by atoms with van der Waals surface area (Å²) in [6.07, 6.45) is 0. The van der Waals surface area contributed by atoms with Crippen molar-refractivity contribution >= 4 is 17.2 Å². The lowest BCUT2D eigenvalue weighted by Crippen LogP contribution is -2.49. The van der Waals surface area contributed by atoms with Crippen LogP contribution in [-0.4, -0.2) is 48.1 Å². The first-order chi connectivity index (χ1) is 14.3. The van der Waals surface area contributed by atoms with Crippen molar-refractivity contribution in [3.63, 3.8) is 0 Å². The van der Waals surface area contributed by atoms with Gasteiger partial charge in [-0.1, -0.05) is 85.0 Å². The molecule has 0 unspecified atom stereocenters. The summed E-state index contributed by atoms with van der Waals surface area (Å²) in [5.74, 6) is 0.844. The van der Waals surface area contributed by atoms with Gasteiger partial charge >= 0.3 is 0 Å². The predicted octanol–water partition coefficient (Wildman–Crippen LogP) is 4.78. The largest absolute Gasteiger partial charge is 0.497 e. The molecule has 29 heavy (non-hydrogen) atoms. The molecule has 4 rings (SSSR count). The smallest absolute Gasteiger partial charge is 0.119 e. The zero-order valence-electron chi connectivity index (χ0n) is 16.7. The Kier molecular flexibility index (Phi) is 6.23. The Bertz CT molecular complexity index is 898. The molecule has 1 aliphatic heterocycles. The van der Waals surface area contributed by atoms with Gasteiger partial charge in [-0.25, -0.2) is 0 Å². The Labute approximate surface area is 178 Å². The quantitative estimate of drug-likeness (QED) is 0.571. The van der Waals surface area contributed by atoms with Crippen LogP contribution in [0.4, 0.5) is 0 Å². The van der Waals surface area contributed by atoms with Crippen LogP contribution in [0.3, 0.4) is 0 Å². The molecule has 1 aliphatic rings. The number of hydrogen-bond acceptors (Lipinski definition) is 3. The van der Waals surface area contributed by atoms with E-state index >= 15 is 0 Å². The van der Waals surface area contributed by atoms with Crippen LogP contribution in [0.2, 0.25) is 0 Å². The molecule has 0 amide bonds. The van der Waals surface area contributed by atoms with E-state index in [-0.39, 0.29) is 6.04 Å². The van der Waals surface area contributed by atoms with Crippen LogP contribution >= 0.6 is 12.2 Å². The molecule has 0 N–H and O–H groups in total. The summed E-state index contributed by atoms with van der Waals surface area (Å²) >= 11 is 5.79. The van der Waals surface area contributed by atoms with E-state index in [4.69, 9.17) is 17.0 Å². The van der Waals surface area contributed by atoms with E-state index in [1.807, 2.05) is 18.2 Å². The molecule has 3 aromatic rings. The number of benzene rings is 3. The van der Waals surface area contributed by atoms with E-state index in [0.29, 0.717) is 0 Å². The van der Waals surface area contributed by atoms with Crippen LogP contribution in [0.25, 0.3) is 0 Å². The van der Waals surface area contributed by atoms with Crippen molar-refractivity contribution in [1.82, 2.24) is 9.80 Å². The van der Waals surface area contributed by atoms with E-state index in [0.717, 1.165) is 42.5 Å². The van der Waals surface area contributed by atoms with E-state index in [1.54, 1.807) is 7.11 Å². The summed E-state index contributed by atoms with van der Waals surface area (Å²) in [6.45, 7) is 3.79. The lowest BCUT2D eigenvalue weighted by molar-refractivity contribution is 0.152. The second-order valence-corrected chi connectivity index (χ2v) is 7.67. The molecule has 1 saturated heterocycles. The Morgan fingerprint density at radius 2 is 1.38 bits per heavy atom. The molecule has 0 saturated carbocycles. The van der Waals surface area contributed by atoms with Gasteiger partial charge in [-0.3, -0.25) is 4.90 Å². The van der Waals surface area contributed by atoms with Gasteiger partial charge in [0, 0.05) is 31.7 Å². The Hall–Kier alpha value is -2.69. The summed E-state index contributed by atoms with van der Waals surface area (Å²) in [7, 11) is 1.69. The Morgan fingerprint density at radius 3 is 1.93 bits per heavy atom. The molecule has 0 bridgehead atoms. The van der Waals surface area contributed by atoms with Gasteiger partial charge in [-0.05, 0) is 23.3 Å². The molecule has 1 heterocycles. The number of methoxy groups -OCH3 is 1. The second-order valence-electron chi connectivity index (χ2n) is 7.28. The van der Waals surface area contributed by atoms with Gasteiger partial charge in [-0.2, -0.15) is 0 Å². The van der Waals surface area contributed by atoms with Gasteiger partial charge in [0.2, 0.25) is 0 Å². The average Bonchev–Trinajstić information content (AvgIpc) is 2.81. The monoisotopic (exact) mass is 402 g/mol. The summed E-state index contributed by atoms with van der Waals surface area (Å²) in [5.41, 5.74) is 3.72. The maximum atomic E-state index is 5.79. The van der Waals surface area contributed by atoms with Crippen LogP contribution in [0.1, 0.15) is 22.7 Å². The first kappa shape index (κ1) is 19.6. The van der Waals surface area contributed by atoms with Crippen molar-refractivity contribution in [3.8, 4) is 5.75 Å². The van der Waals surface area contributed by atoms with Crippen LogP contribution in [0, 0.1) is 0 Å². The maximum Gasteiger partial charge on any atom is 0.119 e. The fourth-order valence-electron chi connectivity index (χ4n) is 4.01. The summed E-state index contributed by atoms with van der Waals surface area (Å²) in [5, 5.41) is 0. The fraction of sp³-hybridized carbons (Fsp3) is 0.240. The first-order valence-corrected chi connectivity index (χ1v) is 10.4. The minimum absolute atomic E-state index is 0.268. The van der Waals surface area contributed by atoms with Crippen LogP contribution < -0.4 is 4.74 Å². The summed E-state index contributed by atoms with van der Waals surface area (Å²) < 4.78 is 5.35. The number of nitrogens with zero attached hydrogens (tertiary/aromatic N) is 2. The normalized spacial score (nSPS) is 14.8. The number of piperazine rings is 1. The van der Waals surface area contributed by atoms with Crippen molar-refractivity contribution in [1.29, 1.82) is 0 Å². The molecular formula is C25H26N2OS. The SMILES string of the molecule is COc1cccc(C(=S)N2CCN(C(c3ccccc3)c3ccccc3)CC2)c1. The number of ether oxygens (including phenoxy) is 1. The number of thiocarbonyl (C=S) groups is 1. The molecule has 4 heteroatoms. The number of hydrogen-bond donors (Lipinski definition) is 0. The summed E-state index contributed by atoms with van der Waals surface area (Å²) in [6, 6.07) is 29.9. The van der Waals surface area contributed by atoms with Crippen LogP contribution in [-0.2, 0) is 0 Å². The fourth-order valence-corrected chi connectivity index (χ4v) is 4.32. The summed E-state index contributed by atoms with van der Waals surface area (Å²) in [4.78, 5) is 5.78. The molecule has 0 spiro atoms. The topological polar surface area (TPSA) is 15.7 Å². The second kappa shape index (κ2) is 9.21. The first-order valence-electron chi connectivity index (χ1n) is 10.0. The van der Waals surface area contributed by atoms with E-state index in [1.165, 1.54) is 11.1 Å². The Balaban J connectivity index is 1.50. The molecule has 0 radical (unpaired) electrons. The standard InChI is InChI=1S/C25H26N2OS/c1-28-23-14-8-13-22(19-23)25(29)27-17-15-26(16-18-27)24(20-9-4-2-5-10-20)21-11-6-3-7-12-21/h2-14,19,24H,15-18H2,1H3. The number of rotatable bonds is 5. The van der Waals surface area contributed by atoms with Gasteiger partial charge in [0.05, 0.1) is 13.2 Å². The van der Waals surface area contributed by atoms with Gasteiger partial charge in [0.25, 0.3) is 0 Å². The van der Waals surface area contributed by atoms with Crippen molar-refractivity contribution < 1.29 is 4.74 Å². The van der Waals surface area contributed by atoms with Crippen LogP contribution in [0.15, 0.2) is 84.9 Å². The molecular weight excluding hydrogens is 376 g/mol. The molecule has 3 aromatic carbocycles. The third-order valence-corrected chi connectivity index (χ3v) is 6.01. The zero-order chi connectivity index (χ0) is 20.1.